The standard InChI is InChI=1S/C20H24N4OS2/c1-2-16-11-17-18(22-13-23-20(17)27-16)24-8-4-15(5-9-24)19(25)21-7-3-14-6-10-26-12-14/h6,10-13,15H,2-5,7-9H2,1H3,(H,21,25). The minimum absolute atomic E-state index is 0.106. The van der Waals surface area contributed by atoms with Gasteiger partial charge in [-0.15, -0.1) is 11.3 Å². The van der Waals surface area contributed by atoms with Crippen molar-refractivity contribution in [2.24, 2.45) is 5.92 Å². The summed E-state index contributed by atoms with van der Waals surface area (Å²) in [5.41, 5.74) is 1.30. The molecule has 0 aromatic carbocycles. The van der Waals surface area contributed by atoms with E-state index in [1.54, 1.807) is 29.0 Å². The minimum atomic E-state index is 0.106. The van der Waals surface area contributed by atoms with Gasteiger partial charge in [0.15, 0.2) is 0 Å². The van der Waals surface area contributed by atoms with Gasteiger partial charge in [0, 0.05) is 30.4 Å². The molecule has 0 spiro atoms. The fourth-order valence-electron chi connectivity index (χ4n) is 3.58. The number of aryl methyl sites for hydroxylation is 1. The fraction of sp³-hybridized carbons (Fsp3) is 0.450. The Hall–Kier alpha value is -1.99. The monoisotopic (exact) mass is 400 g/mol. The molecular weight excluding hydrogens is 376 g/mol. The maximum absolute atomic E-state index is 12.5. The first-order chi connectivity index (χ1) is 13.2. The molecule has 3 aromatic heterocycles. The van der Waals surface area contributed by atoms with E-state index in [-0.39, 0.29) is 11.8 Å². The Morgan fingerprint density at radius 3 is 2.93 bits per heavy atom. The van der Waals surface area contributed by atoms with Crippen molar-refractivity contribution in [2.75, 3.05) is 24.5 Å². The highest BCUT2D eigenvalue weighted by atomic mass is 32.1. The smallest absolute Gasteiger partial charge is 0.223 e. The third kappa shape index (κ3) is 4.14. The van der Waals surface area contributed by atoms with Crippen LogP contribution in [-0.2, 0) is 17.6 Å². The lowest BCUT2D eigenvalue weighted by atomic mass is 9.95. The Labute approximate surface area is 167 Å². The van der Waals surface area contributed by atoms with Crippen LogP contribution >= 0.6 is 22.7 Å². The Kier molecular flexibility index (Phi) is 5.69. The molecule has 142 valence electrons. The molecule has 27 heavy (non-hydrogen) atoms. The SMILES string of the molecule is CCc1cc2c(N3CCC(C(=O)NCCc4ccsc4)CC3)ncnc2s1. The number of piperidine rings is 1. The molecule has 0 saturated carbocycles. The topological polar surface area (TPSA) is 58.1 Å². The number of aromatic nitrogens is 2. The van der Waals surface area contributed by atoms with Crippen LogP contribution in [0, 0.1) is 5.92 Å². The van der Waals surface area contributed by atoms with Gasteiger partial charge in [0.2, 0.25) is 5.91 Å². The Balaban J connectivity index is 1.33. The van der Waals surface area contributed by atoms with Gasteiger partial charge in [-0.3, -0.25) is 4.79 Å². The zero-order valence-electron chi connectivity index (χ0n) is 15.5. The van der Waals surface area contributed by atoms with E-state index < -0.39 is 0 Å². The number of thiophene rings is 2. The molecule has 0 aliphatic carbocycles. The van der Waals surface area contributed by atoms with Crippen molar-refractivity contribution in [1.82, 2.24) is 15.3 Å². The number of nitrogens with zero attached hydrogens (tertiary/aromatic N) is 3. The number of hydrogen-bond acceptors (Lipinski definition) is 6. The number of hydrogen-bond donors (Lipinski definition) is 1. The molecule has 4 heterocycles. The molecule has 1 fully saturated rings. The first-order valence-corrected chi connectivity index (χ1v) is 11.3. The molecule has 5 nitrogen and oxygen atoms in total. The van der Waals surface area contributed by atoms with Gasteiger partial charge in [-0.05, 0) is 54.1 Å². The Morgan fingerprint density at radius 2 is 2.19 bits per heavy atom. The molecule has 7 heteroatoms. The highest BCUT2D eigenvalue weighted by Gasteiger charge is 2.26. The van der Waals surface area contributed by atoms with Gasteiger partial charge < -0.3 is 10.2 Å². The molecule has 0 radical (unpaired) electrons. The van der Waals surface area contributed by atoms with E-state index in [0.29, 0.717) is 0 Å². The van der Waals surface area contributed by atoms with E-state index in [1.807, 2.05) is 0 Å². The van der Waals surface area contributed by atoms with Crippen LogP contribution in [0.2, 0.25) is 0 Å². The summed E-state index contributed by atoms with van der Waals surface area (Å²) in [6.45, 7) is 4.62. The predicted molar refractivity (Wildman–Crippen MR) is 113 cm³/mol. The summed E-state index contributed by atoms with van der Waals surface area (Å²) in [7, 11) is 0. The number of carbonyl (C=O) groups is 1. The number of anilines is 1. The van der Waals surface area contributed by atoms with E-state index in [2.05, 4.69) is 50.0 Å². The van der Waals surface area contributed by atoms with E-state index in [1.165, 1.54) is 10.4 Å². The number of fused-ring (bicyclic) bond motifs is 1. The highest BCUT2D eigenvalue weighted by Crippen LogP contribution is 2.32. The maximum Gasteiger partial charge on any atom is 0.223 e. The van der Waals surface area contributed by atoms with Gasteiger partial charge >= 0.3 is 0 Å². The average Bonchev–Trinajstić information content (AvgIpc) is 3.37. The first-order valence-electron chi connectivity index (χ1n) is 9.51. The van der Waals surface area contributed by atoms with Crippen molar-refractivity contribution >= 4 is 44.6 Å². The summed E-state index contributed by atoms with van der Waals surface area (Å²) in [6, 6.07) is 4.34. The molecule has 1 N–H and O–H groups in total. The van der Waals surface area contributed by atoms with Gasteiger partial charge in [0.25, 0.3) is 0 Å². The van der Waals surface area contributed by atoms with Crippen LogP contribution in [0.25, 0.3) is 10.2 Å². The van der Waals surface area contributed by atoms with E-state index >= 15 is 0 Å². The van der Waals surface area contributed by atoms with E-state index in [4.69, 9.17) is 0 Å². The third-order valence-electron chi connectivity index (χ3n) is 5.17. The molecule has 1 amide bonds. The molecule has 3 aromatic rings. The summed E-state index contributed by atoms with van der Waals surface area (Å²) >= 11 is 3.45. The molecular formula is C20H24N4OS2. The third-order valence-corrected chi connectivity index (χ3v) is 7.09. The van der Waals surface area contributed by atoms with Crippen molar-refractivity contribution in [3.63, 3.8) is 0 Å². The van der Waals surface area contributed by atoms with Crippen LogP contribution in [0.1, 0.15) is 30.2 Å². The average molecular weight is 401 g/mol. The number of carbonyl (C=O) groups excluding carboxylic acids is 1. The molecule has 4 rings (SSSR count). The molecule has 0 atom stereocenters. The van der Waals surface area contributed by atoms with Crippen LogP contribution < -0.4 is 10.2 Å². The van der Waals surface area contributed by atoms with E-state index in [0.717, 1.165) is 61.4 Å². The van der Waals surface area contributed by atoms with Crippen LogP contribution in [0.4, 0.5) is 5.82 Å². The number of nitrogens with one attached hydrogen (secondary N) is 1. The Bertz CT molecular complexity index is 898. The quantitative estimate of drug-likeness (QED) is 0.682. The second-order valence-electron chi connectivity index (χ2n) is 6.92. The largest absolute Gasteiger partial charge is 0.356 e. The zero-order valence-corrected chi connectivity index (χ0v) is 17.1. The lowest BCUT2D eigenvalue weighted by Crippen LogP contribution is -2.41. The summed E-state index contributed by atoms with van der Waals surface area (Å²) in [5, 5.41) is 8.48. The van der Waals surface area contributed by atoms with Gasteiger partial charge in [-0.2, -0.15) is 11.3 Å². The van der Waals surface area contributed by atoms with Gasteiger partial charge in [-0.1, -0.05) is 6.92 Å². The van der Waals surface area contributed by atoms with Crippen molar-refractivity contribution in [1.29, 1.82) is 0 Å². The van der Waals surface area contributed by atoms with E-state index in [9.17, 15) is 4.79 Å². The Morgan fingerprint density at radius 1 is 1.33 bits per heavy atom. The van der Waals surface area contributed by atoms with Gasteiger partial charge in [0.1, 0.15) is 17.0 Å². The van der Waals surface area contributed by atoms with Crippen LogP contribution in [0.3, 0.4) is 0 Å². The summed E-state index contributed by atoms with van der Waals surface area (Å²) in [5.74, 6) is 1.32. The first kappa shape index (κ1) is 18.4. The van der Waals surface area contributed by atoms with Crippen LogP contribution in [-0.4, -0.2) is 35.5 Å². The summed E-state index contributed by atoms with van der Waals surface area (Å²) < 4.78 is 0. The zero-order chi connectivity index (χ0) is 18.6. The van der Waals surface area contributed by atoms with Crippen molar-refractivity contribution < 1.29 is 4.79 Å². The number of rotatable bonds is 6. The molecule has 0 bridgehead atoms. The normalized spacial score (nSPS) is 15.4. The molecule has 1 saturated heterocycles. The lowest BCUT2D eigenvalue weighted by molar-refractivity contribution is -0.125. The van der Waals surface area contributed by atoms with Crippen LogP contribution in [0.15, 0.2) is 29.2 Å². The number of amides is 1. The summed E-state index contributed by atoms with van der Waals surface area (Å²) in [6.07, 6.45) is 5.34. The maximum atomic E-state index is 12.5. The second kappa shape index (κ2) is 8.35. The van der Waals surface area contributed by atoms with Crippen molar-refractivity contribution in [2.45, 2.75) is 32.6 Å². The highest BCUT2D eigenvalue weighted by molar-refractivity contribution is 7.18. The van der Waals surface area contributed by atoms with Gasteiger partial charge in [-0.25, -0.2) is 9.97 Å². The molecule has 1 aliphatic rings. The molecule has 1 aliphatic heterocycles. The summed E-state index contributed by atoms with van der Waals surface area (Å²) in [4.78, 5) is 26.2. The fourth-order valence-corrected chi connectivity index (χ4v) is 5.21. The lowest BCUT2D eigenvalue weighted by Gasteiger charge is -2.32. The van der Waals surface area contributed by atoms with Gasteiger partial charge in [0.05, 0.1) is 5.39 Å². The second-order valence-corrected chi connectivity index (χ2v) is 8.81. The minimum Gasteiger partial charge on any atom is -0.356 e. The van der Waals surface area contributed by atoms with Crippen molar-refractivity contribution in [3.05, 3.63) is 39.7 Å². The van der Waals surface area contributed by atoms with Crippen molar-refractivity contribution in [3.8, 4) is 0 Å². The predicted octanol–water partition coefficient (Wildman–Crippen LogP) is 3.89. The van der Waals surface area contributed by atoms with Crippen LogP contribution in [0.5, 0.6) is 0 Å². The molecule has 0 unspecified atom stereocenters.